The van der Waals surface area contributed by atoms with Crippen molar-refractivity contribution in [1.82, 2.24) is 4.98 Å². The minimum Gasteiger partial charge on any atom is -0.493 e. The topological polar surface area (TPSA) is 31.4 Å². The Morgan fingerprint density at radius 2 is 1.48 bits per heavy atom. The molecule has 0 amide bonds. The van der Waals surface area contributed by atoms with Crippen molar-refractivity contribution in [3.05, 3.63) is 106 Å². The fourth-order valence-corrected chi connectivity index (χ4v) is 4.89. The average molecular weight is 587 g/mol. The highest BCUT2D eigenvalue weighted by Crippen LogP contribution is 2.45. The number of fused-ring (bicyclic) bond motifs is 1. The summed E-state index contributed by atoms with van der Waals surface area (Å²) in [7, 11) is 0. The first-order valence-electron chi connectivity index (χ1n) is 11.4. The molecule has 0 N–H and O–H groups in total. The van der Waals surface area contributed by atoms with Crippen LogP contribution in [0, 0.1) is 34.9 Å². The number of aromatic nitrogens is 1. The van der Waals surface area contributed by atoms with E-state index in [0.717, 1.165) is 24.4 Å². The van der Waals surface area contributed by atoms with E-state index in [4.69, 9.17) is 8.92 Å². The van der Waals surface area contributed by atoms with Gasteiger partial charge in [0.2, 0.25) is 34.8 Å². The second-order valence-corrected chi connectivity index (χ2v) is 9.42. The third-order valence-corrected chi connectivity index (χ3v) is 6.87. The average Bonchev–Trinajstić information content (AvgIpc) is 2.94. The molecule has 3 nitrogen and oxygen atoms in total. The highest BCUT2D eigenvalue weighted by Gasteiger charge is 2.33. The summed E-state index contributed by atoms with van der Waals surface area (Å²) in [6.07, 6.45) is -3.38. The van der Waals surface area contributed by atoms with Crippen LogP contribution in [-0.4, -0.2) is 11.6 Å². The lowest BCUT2D eigenvalue weighted by Crippen LogP contribution is -2.17. The van der Waals surface area contributed by atoms with Crippen LogP contribution in [0.3, 0.4) is 0 Å². The van der Waals surface area contributed by atoms with E-state index >= 15 is 0 Å². The fourth-order valence-electron chi connectivity index (χ4n) is 4.29. The van der Waals surface area contributed by atoms with Crippen LogP contribution in [0.2, 0.25) is 0 Å². The predicted molar refractivity (Wildman–Crippen MR) is 126 cm³/mol. The van der Waals surface area contributed by atoms with Gasteiger partial charge in [-0.2, -0.15) is 22.0 Å². The van der Waals surface area contributed by atoms with Crippen molar-refractivity contribution in [3.63, 3.8) is 0 Å². The van der Waals surface area contributed by atoms with E-state index in [9.17, 15) is 39.5 Å². The van der Waals surface area contributed by atoms with Gasteiger partial charge < -0.3 is 8.92 Å². The number of hydrogen-bond acceptors (Lipinski definition) is 4. The zero-order valence-electron chi connectivity index (χ0n) is 19.8. The molecule has 1 aliphatic heterocycles. The molecule has 0 fully saturated rings. The SMILES string of the molecule is Fc1ccc(-c2cc(C(F)(F)F)ccc2C2CCOc3cc(SOc4c(F)c(F)c(F)c(F)c4F)ccc32)nc1. The number of halogens is 9. The van der Waals surface area contributed by atoms with Crippen molar-refractivity contribution >= 4 is 12.0 Å². The molecule has 2 heterocycles. The lowest BCUT2D eigenvalue weighted by Gasteiger charge is -2.28. The quantitative estimate of drug-likeness (QED) is 0.101. The van der Waals surface area contributed by atoms with Gasteiger partial charge in [-0.25, -0.2) is 17.6 Å². The molecule has 1 unspecified atom stereocenters. The maximum absolute atomic E-state index is 13.9. The Labute approximate surface area is 224 Å². The Morgan fingerprint density at radius 1 is 0.800 bits per heavy atom. The van der Waals surface area contributed by atoms with Gasteiger partial charge in [-0.3, -0.25) is 4.98 Å². The molecule has 0 saturated heterocycles. The van der Waals surface area contributed by atoms with Crippen LogP contribution in [0.25, 0.3) is 11.3 Å². The molecule has 0 bridgehead atoms. The number of ether oxygens (including phenoxy) is 1. The Kier molecular flexibility index (Phi) is 7.34. The lowest BCUT2D eigenvalue weighted by atomic mass is 9.83. The number of pyridine rings is 1. The van der Waals surface area contributed by atoms with Gasteiger partial charge in [-0.1, -0.05) is 12.1 Å². The minimum absolute atomic E-state index is 0.124. The number of alkyl halides is 3. The first-order chi connectivity index (χ1) is 19.0. The number of rotatable bonds is 5. The van der Waals surface area contributed by atoms with Gasteiger partial charge in [-0.05, 0) is 48.4 Å². The van der Waals surface area contributed by atoms with E-state index in [1.54, 1.807) is 6.07 Å². The largest absolute Gasteiger partial charge is 0.493 e. The van der Waals surface area contributed by atoms with Crippen LogP contribution < -0.4 is 8.92 Å². The zero-order valence-corrected chi connectivity index (χ0v) is 20.6. The normalized spacial score (nSPS) is 15.0. The Bertz CT molecular complexity index is 1560. The van der Waals surface area contributed by atoms with Crippen LogP contribution in [0.1, 0.15) is 29.0 Å². The second kappa shape index (κ2) is 10.6. The molecular weight excluding hydrogens is 573 g/mol. The van der Waals surface area contributed by atoms with Crippen LogP contribution in [0.5, 0.6) is 11.5 Å². The highest BCUT2D eigenvalue weighted by molar-refractivity contribution is 7.95. The van der Waals surface area contributed by atoms with E-state index < -0.39 is 58.3 Å². The maximum atomic E-state index is 13.9. The van der Waals surface area contributed by atoms with Crippen LogP contribution in [0.15, 0.2) is 59.6 Å². The molecular formula is C27H14F9NO2S. The summed E-state index contributed by atoms with van der Waals surface area (Å²) < 4.78 is 133. The maximum Gasteiger partial charge on any atom is 0.416 e. The third kappa shape index (κ3) is 5.17. The van der Waals surface area contributed by atoms with E-state index in [0.29, 0.717) is 29.6 Å². The van der Waals surface area contributed by atoms with Crippen molar-refractivity contribution in [3.8, 4) is 22.8 Å². The molecule has 1 aromatic heterocycles. The van der Waals surface area contributed by atoms with Crippen molar-refractivity contribution in [1.29, 1.82) is 0 Å². The highest BCUT2D eigenvalue weighted by atomic mass is 32.2. The number of benzene rings is 3. The van der Waals surface area contributed by atoms with Gasteiger partial charge in [0.25, 0.3) is 0 Å². The predicted octanol–water partition coefficient (Wildman–Crippen LogP) is 8.60. The van der Waals surface area contributed by atoms with Crippen molar-refractivity contribution < 1.29 is 48.4 Å². The van der Waals surface area contributed by atoms with Gasteiger partial charge in [0.15, 0.2) is 0 Å². The summed E-state index contributed by atoms with van der Waals surface area (Å²) in [4.78, 5) is 4.13. The summed E-state index contributed by atoms with van der Waals surface area (Å²) in [6.45, 7) is 0.140. The van der Waals surface area contributed by atoms with Crippen LogP contribution in [-0.2, 0) is 6.18 Å². The van der Waals surface area contributed by atoms with Crippen LogP contribution >= 0.6 is 12.0 Å². The third-order valence-electron chi connectivity index (χ3n) is 6.17. The van der Waals surface area contributed by atoms with Crippen molar-refractivity contribution in [2.24, 2.45) is 0 Å². The Morgan fingerprint density at radius 3 is 2.12 bits per heavy atom. The molecule has 0 aliphatic carbocycles. The smallest absolute Gasteiger partial charge is 0.416 e. The molecule has 13 heteroatoms. The molecule has 5 rings (SSSR count). The van der Waals surface area contributed by atoms with Gasteiger partial charge in [-0.15, -0.1) is 0 Å². The lowest BCUT2D eigenvalue weighted by molar-refractivity contribution is -0.137. The van der Waals surface area contributed by atoms with Gasteiger partial charge in [0.05, 0.1) is 41.0 Å². The standard InChI is InChI=1S/C27H14F9NO2S/c28-13-2-6-19(37-11-13)18-9-12(27(34,35)36)1-4-15(18)16-7-8-38-20-10-14(3-5-17(16)20)40-39-26-24(32)22(30)21(29)23(31)25(26)33/h1-6,9-11,16H,7-8H2. The Balaban J connectivity index is 1.49. The van der Waals surface area contributed by atoms with E-state index in [1.165, 1.54) is 24.3 Å². The van der Waals surface area contributed by atoms with E-state index in [2.05, 4.69) is 4.98 Å². The summed E-state index contributed by atoms with van der Waals surface area (Å²) in [6, 6.07) is 9.91. The molecule has 40 heavy (non-hydrogen) atoms. The molecule has 1 atom stereocenters. The first-order valence-corrected chi connectivity index (χ1v) is 12.2. The molecule has 0 spiro atoms. The monoisotopic (exact) mass is 587 g/mol. The second-order valence-electron chi connectivity index (χ2n) is 8.62. The summed E-state index contributed by atoms with van der Waals surface area (Å²) in [5, 5.41) is 0. The number of nitrogens with zero attached hydrogens (tertiary/aromatic N) is 1. The first kappa shape index (κ1) is 27.7. The van der Waals surface area contributed by atoms with Crippen molar-refractivity contribution in [2.75, 3.05) is 6.61 Å². The zero-order chi connectivity index (χ0) is 28.8. The number of hydrogen-bond donors (Lipinski definition) is 0. The minimum atomic E-state index is -4.64. The molecule has 1 aliphatic rings. The van der Waals surface area contributed by atoms with Crippen LogP contribution in [0.4, 0.5) is 39.5 Å². The summed E-state index contributed by atoms with van der Waals surface area (Å²) in [5.41, 5.74) is 0.367. The van der Waals surface area contributed by atoms with Gasteiger partial charge in [0.1, 0.15) is 11.6 Å². The van der Waals surface area contributed by atoms with Gasteiger partial charge in [0, 0.05) is 17.0 Å². The van der Waals surface area contributed by atoms with E-state index in [-0.39, 0.29) is 28.5 Å². The van der Waals surface area contributed by atoms with Crippen molar-refractivity contribution in [2.45, 2.75) is 23.4 Å². The Hall–Kier alpha value is -3.87. The summed E-state index contributed by atoms with van der Waals surface area (Å²) in [5.74, 6) is -13.3. The van der Waals surface area contributed by atoms with Gasteiger partial charge >= 0.3 is 6.18 Å². The summed E-state index contributed by atoms with van der Waals surface area (Å²) >= 11 is 0.315. The molecule has 3 aromatic carbocycles. The molecule has 0 radical (unpaired) electrons. The van der Waals surface area contributed by atoms with E-state index in [1.807, 2.05) is 0 Å². The fraction of sp³-hybridized carbons (Fsp3) is 0.148. The molecule has 0 saturated carbocycles. The molecule has 208 valence electrons. The molecule has 4 aromatic rings.